The van der Waals surface area contributed by atoms with Crippen molar-refractivity contribution >= 4 is 0 Å². The van der Waals surface area contributed by atoms with Crippen LogP contribution in [0.15, 0.2) is 24.3 Å². The van der Waals surface area contributed by atoms with E-state index >= 15 is 0 Å². The second kappa shape index (κ2) is 2.55. The molecule has 2 heteroatoms. The number of benzene rings is 1. The van der Waals surface area contributed by atoms with Gasteiger partial charge in [-0.2, -0.15) is 0 Å². The van der Waals surface area contributed by atoms with Crippen molar-refractivity contribution in [2.24, 2.45) is 0 Å². The van der Waals surface area contributed by atoms with Crippen LogP contribution in [0.3, 0.4) is 0 Å². The van der Waals surface area contributed by atoms with Gasteiger partial charge >= 0.3 is 0 Å². The van der Waals surface area contributed by atoms with Gasteiger partial charge in [0.25, 0.3) is 0 Å². The Morgan fingerprint density at radius 2 is 2.18 bits per heavy atom. The van der Waals surface area contributed by atoms with Gasteiger partial charge in [0.2, 0.25) is 0 Å². The Labute approximate surface area is 66.0 Å². The predicted octanol–water partition coefficient (Wildman–Crippen LogP) is 1.79. The van der Waals surface area contributed by atoms with Gasteiger partial charge < -0.3 is 4.74 Å². The summed E-state index contributed by atoms with van der Waals surface area (Å²) in [6.07, 6.45) is 0.816. The number of ether oxygens (including phenoxy) is 1. The lowest BCUT2D eigenvalue weighted by Crippen LogP contribution is -2.14. The normalized spacial score (nSPS) is 22.1. The standard InChI is InChI=1S/C9H10NO/c10-8-5-6-11-9-4-2-1-3-7(8)9/h1-4,8,10H,5-6H2. The fourth-order valence-corrected chi connectivity index (χ4v) is 1.34. The van der Waals surface area contributed by atoms with E-state index in [1.165, 1.54) is 0 Å². The molecule has 1 N–H and O–H groups in total. The summed E-state index contributed by atoms with van der Waals surface area (Å²) < 4.78 is 5.37. The summed E-state index contributed by atoms with van der Waals surface area (Å²) in [4.78, 5) is 0. The monoisotopic (exact) mass is 148 g/mol. The highest BCUT2D eigenvalue weighted by Crippen LogP contribution is 2.30. The van der Waals surface area contributed by atoms with Crippen molar-refractivity contribution in [3.05, 3.63) is 29.8 Å². The van der Waals surface area contributed by atoms with E-state index in [2.05, 4.69) is 0 Å². The molecule has 1 atom stereocenters. The maximum absolute atomic E-state index is 7.67. The van der Waals surface area contributed by atoms with E-state index < -0.39 is 0 Å². The zero-order chi connectivity index (χ0) is 7.68. The molecular weight excluding hydrogens is 138 g/mol. The Morgan fingerprint density at radius 3 is 3.00 bits per heavy atom. The largest absolute Gasteiger partial charge is 0.493 e. The zero-order valence-electron chi connectivity index (χ0n) is 6.21. The quantitative estimate of drug-likeness (QED) is 0.552. The van der Waals surface area contributed by atoms with Gasteiger partial charge in [0.05, 0.1) is 12.6 Å². The van der Waals surface area contributed by atoms with Gasteiger partial charge in [-0.1, -0.05) is 18.2 Å². The molecule has 1 aliphatic rings. The summed E-state index contributed by atoms with van der Waals surface area (Å²) >= 11 is 0. The second-order valence-corrected chi connectivity index (χ2v) is 2.73. The molecule has 2 nitrogen and oxygen atoms in total. The summed E-state index contributed by atoms with van der Waals surface area (Å²) in [7, 11) is 0. The third-order valence-electron chi connectivity index (χ3n) is 1.96. The van der Waals surface area contributed by atoms with E-state index in [0.29, 0.717) is 6.61 Å². The first-order valence-electron chi connectivity index (χ1n) is 3.81. The van der Waals surface area contributed by atoms with E-state index in [1.54, 1.807) is 0 Å². The summed E-state index contributed by atoms with van der Waals surface area (Å²) in [6, 6.07) is 7.70. The summed E-state index contributed by atoms with van der Waals surface area (Å²) in [5.74, 6) is 0.888. The maximum atomic E-state index is 7.67. The number of hydrogen-bond donors (Lipinski definition) is 0. The Bertz CT molecular complexity index is 259. The van der Waals surface area contributed by atoms with Crippen LogP contribution in [0.2, 0.25) is 0 Å². The highest BCUT2D eigenvalue weighted by molar-refractivity contribution is 5.36. The van der Waals surface area contributed by atoms with E-state index in [4.69, 9.17) is 10.5 Å². The molecular formula is C9H10NO. The van der Waals surface area contributed by atoms with Crippen LogP contribution in [0.25, 0.3) is 0 Å². The van der Waals surface area contributed by atoms with Crippen molar-refractivity contribution in [3.63, 3.8) is 0 Å². The summed E-state index contributed by atoms with van der Waals surface area (Å²) in [5.41, 5.74) is 8.70. The molecule has 0 saturated carbocycles. The number of para-hydroxylation sites is 1. The molecule has 1 unspecified atom stereocenters. The van der Waals surface area contributed by atoms with Crippen LogP contribution in [0.1, 0.15) is 18.0 Å². The van der Waals surface area contributed by atoms with Gasteiger partial charge in [-0.05, 0) is 6.07 Å². The molecule has 11 heavy (non-hydrogen) atoms. The molecule has 0 saturated heterocycles. The van der Waals surface area contributed by atoms with Crippen molar-refractivity contribution in [1.29, 1.82) is 0 Å². The highest BCUT2D eigenvalue weighted by Gasteiger charge is 2.16. The lowest BCUT2D eigenvalue weighted by Gasteiger charge is -2.21. The lowest BCUT2D eigenvalue weighted by molar-refractivity contribution is 0.267. The molecule has 2 rings (SSSR count). The minimum absolute atomic E-state index is 0.0834. The average Bonchev–Trinajstić information content (AvgIpc) is 2.06. The fraction of sp³-hybridized carbons (Fsp3) is 0.333. The molecule has 0 bridgehead atoms. The molecule has 1 aromatic rings. The lowest BCUT2D eigenvalue weighted by atomic mass is 10.0. The first-order chi connectivity index (χ1) is 5.38. The molecule has 0 aliphatic carbocycles. The number of hydrogen-bond acceptors (Lipinski definition) is 1. The first-order valence-corrected chi connectivity index (χ1v) is 3.81. The Balaban J connectivity index is 2.44. The molecule has 57 valence electrons. The highest BCUT2D eigenvalue weighted by atomic mass is 16.5. The van der Waals surface area contributed by atoms with Crippen LogP contribution in [0.4, 0.5) is 0 Å². The molecule has 0 amide bonds. The Kier molecular flexibility index (Phi) is 1.55. The molecule has 0 spiro atoms. The fourth-order valence-electron chi connectivity index (χ4n) is 1.34. The third-order valence-corrected chi connectivity index (χ3v) is 1.96. The van der Waals surface area contributed by atoms with Gasteiger partial charge in [0, 0.05) is 12.0 Å². The molecule has 1 radical (unpaired) electrons. The van der Waals surface area contributed by atoms with Gasteiger partial charge in [0.15, 0.2) is 0 Å². The van der Waals surface area contributed by atoms with Gasteiger partial charge in [-0.25, -0.2) is 5.73 Å². The Hall–Kier alpha value is -1.02. The topological polar surface area (TPSA) is 33.0 Å². The van der Waals surface area contributed by atoms with Gasteiger partial charge in [0.1, 0.15) is 5.75 Å². The van der Waals surface area contributed by atoms with Crippen LogP contribution in [-0.2, 0) is 0 Å². The second-order valence-electron chi connectivity index (χ2n) is 2.73. The molecule has 1 heterocycles. The van der Waals surface area contributed by atoms with E-state index in [-0.39, 0.29) is 6.04 Å². The van der Waals surface area contributed by atoms with E-state index in [1.807, 2.05) is 24.3 Å². The first kappa shape index (κ1) is 6.68. The zero-order valence-corrected chi connectivity index (χ0v) is 6.21. The van der Waals surface area contributed by atoms with Crippen molar-refractivity contribution in [2.45, 2.75) is 12.5 Å². The number of rotatable bonds is 0. The van der Waals surface area contributed by atoms with Crippen LogP contribution in [-0.4, -0.2) is 6.61 Å². The van der Waals surface area contributed by atoms with Crippen molar-refractivity contribution < 1.29 is 4.74 Å². The van der Waals surface area contributed by atoms with Gasteiger partial charge in [-0.3, -0.25) is 0 Å². The smallest absolute Gasteiger partial charge is 0.124 e. The van der Waals surface area contributed by atoms with Crippen LogP contribution >= 0.6 is 0 Å². The maximum Gasteiger partial charge on any atom is 0.124 e. The number of nitrogens with one attached hydrogen (secondary N) is 1. The van der Waals surface area contributed by atoms with Crippen LogP contribution in [0, 0.1) is 0 Å². The van der Waals surface area contributed by atoms with Crippen LogP contribution in [0.5, 0.6) is 5.75 Å². The predicted molar refractivity (Wildman–Crippen MR) is 42.4 cm³/mol. The van der Waals surface area contributed by atoms with Crippen molar-refractivity contribution in [3.8, 4) is 5.75 Å². The van der Waals surface area contributed by atoms with Crippen LogP contribution < -0.4 is 10.5 Å². The summed E-state index contributed by atoms with van der Waals surface area (Å²) in [5, 5.41) is 0. The van der Waals surface area contributed by atoms with Crippen molar-refractivity contribution in [2.75, 3.05) is 6.61 Å². The minimum Gasteiger partial charge on any atom is -0.493 e. The molecule has 1 aromatic carbocycles. The van der Waals surface area contributed by atoms with E-state index in [0.717, 1.165) is 17.7 Å². The average molecular weight is 148 g/mol. The molecule has 0 fully saturated rings. The minimum atomic E-state index is -0.0834. The summed E-state index contributed by atoms with van der Waals surface area (Å²) in [6.45, 7) is 0.686. The van der Waals surface area contributed by atoms with Gasteiger partial charge in [-0.15, -0.1) is 0 Å². The molecule has 0 aromatic heterocycles. The number of fused-ring (bicyclic) bond motifs is 1. The Morgan fingerprint density at radius 1 is 1.36 bits per heavy atom. The van der Waals surface area contributed by atoms with E-state index in [9.17, 15) is 0 Å². The third kappa shape index (κ3) is 1.10. The SMILES string of the molecule is [NH]C1CCOc2ccccc21. The molecule has 1 aliphatic heterocycles. The van der Waals surface area contributed by atoms with Crippen molar-refractivity contribution in [1.82, 2.24) is 5.73 Å².